The number of nitrogens with zero attached hydrogens (tertiary/aromatic N) is 2. The minimum atomic E-state index is -1.05. The molecule has 0 aliphatic carbocycles. The summed E-state index contributed by atoms with van der Waals surface area (Å²) in [6, 6.07) is 7.82. The van der Waals surface area contributed by atoms with Gasteiger partial charge >= 0.3 is 5.97 Å². The van der Waals surface area contributed by atoms with Crippen LogP contribution < -0.4 is 5.32 Å². The number of rotatable bonds is 5. The molecule has 0 saturated heterocycles. The molecule has 2 rings (SSSR count). The molecule has 20 heavy (non-hydrogen) atoms. The number of aromatic carboxylic acids is 1. The van der Waals surface area contributed by atoms with E-state index in [0.717, 1.165) is 12.1 Å². The maximum Gasteiger partial charge on any atom is 0.341 e. The minimum Gasteiger partial charge on any atom is -0.477 e. The Bertz CT molecular complexity index is 614. The van der Waals surface area contributed by atoms with Crippen molar-refractivity contribution in [3.8, 4) is 0 Å². The summed E-state index contributed by atoms with van der Waals surface area (Å²) in [5.74, 6) is -0.744. The van der Waals surface area contributed by atoms with Crippen molar-refractivity contribution in [2.24, 2.45) is 0 Å². The van der Waals surface area contributed by atoms with Crippen molar-refractivity contribution in [2.45, 2.75) is 18.5 Å². The summed E-state index contributed by atoms with van der Waals surface area (Å²) in [7, 11) is 0. The fourth-order valence-corrected chi connectivity index (χ4v) is 2.02. The van der Waals surface area contributed by atoms with Crippen LogP contribution in [-0.4, -0.2) is 27.3 Å². The number of anilines is 2. The molecule has 0 aliphatic rings. The van der Waals surface area contributed by atoms with E-state index in [-0.39, 0.29) is 5.56 Å². The molecule has 1 aromatic carbocycles. The van der Waals surface area contributed by atoms with Crippen molar-refractivity contribution in [1.82, 2.24) is 9.97 Å². The van der Waals surface area contributed by atoms with E-state index in [1.54, 1.807) is 0 Å². The van der Waals surface area contributed by atoms with E-state index in [4.69, 9.17) is 5.11 Å². The highest BCUT2D eigenvalue weighted by Gasteiger charge is 2.13. The molecule has 0 fully saturated rings. The second-order valence-corrected chi connectivity index (χ2v) is 4.87. The van der Waals surface area contributed by atoms with E-state index in [1.807, 2.05) is 30.5 Å². The van der Waals surface area contributed by atoms with Gasteiger partial charge in [0.25, 0.3) is 0 Å². The average molecular weight is 289 g/mol. The summed E-state index contributed by atoms with van der Waals surface area (Å²) in [5, 5.41) is 12.7. The van der Waals surface area contributed by atoms with Crippen molar-refractivity contribution >= 4 is 29.2 Å². The van der Waals surface area contributed by atoms with Crippen LogP contribution in [0.4, 0.5) is 11.5 Å². The number of nitrogens with one attached hydrogen (secondary N) is 1. The molecule has 0 atom stereocenters. The van der Waals surface area contributed by atoms with Crippen LogP contribution >= 0.6 is 11.8 Å². The van der Waals surface area contributed by atoms with E-state index in [2.05, 4.69) is 22.2 Å². The zero-order valence-electron chi connectivity index (χ0n) is 11.3. The third kappa shape index (κ3) is 3.27. The summed E-state index contributed by atoms with van der Waals surface area (Å²) < 4.78 is 0. The van der Waals surface area contributed by atoms with Crippen LogP contribution in [0.1, 0.15) is 22.8 Å². The smallest absolute Gasteiger partial charge is 0.341 e. The summed E-state index contributed by atoms with van der Waals surface area (Å²) in [4.78, 5) is 19.4. The normalized spacial score (nSPS) is 10.3. The molecular formula is C14H15N3O2S. The number of carboxylic acids is 1. The zero-order valence-corrected chi connectivity index (χ0v) is 12.1. The van der Waals surface area contributed by atoms with Gasteiger partial charge in [0.05, 0.1) is 0 Å². The van der Waals surface area contributed by atoms with Crippen LogP contribution in [0.2, 0.25) is 0 Å². The lowest BCUT2D eigenvalue weighted by molar-refractivity contribution is 0.0697. The number of aromatic nitrogens is 2. The van der Waals surface area contributed by atoms with Crippen LogP contribution in [0.15, 0.2) is 35.6 Å². The van der Waals surface area contributed by atoms with Crippen LogP contribution in [-0.2, 0) is 6.42 Å². The molecule has 6 heteroatoms. The molecule has 0 aliphatic heterocycles. The maximum atomic E-state index is 11.2. The van der Waals surface area contributed by atoms with Gasteiger partial charge in [0.15, 0.2) is 5.16 Å². The summed E-state index contributed by atoms with van der Waals surface area (Å²) >= 11 is 1.36. The van der Waals surface area contributed by atoms with Crippen molar-refractivity contribution in [3.63, 3.8) is 0 Å². The van der Waals surface area contributed by atoms with Crippen molar-refractivity contribution in [3.05, 3.63) is 41.6 Å². The first-order valence-electron chi connectivity index (χ1n) is 6.14. The molecule has 1 aromatic heterocycles. The Morgan fingerprint density at radius 2 is 2.05 bits per heavy atom. The molecule has 0 radical (unpaired) electrons. The third-order valence-electron chi connectivity index (χ3n) is 2.80. The van der Waals surface area contributed by atoms with Crippen LogP contribution in [0.5, 0.6) is 0 Å². The van der Waals surface area contributed by atoms with Gasteiger partial charge in [-0.1, -0.05) is 30.8 Å². The van der Waals surface area contributed by atoms with Crippen molar-refractivity contribution < 1.29 is 9.90 Å². The predicted octanol–water partition coefficient (Wildman–Crippen LogP) is 3.20. The lowest BCUT2D eigenvalue weighted by Gasteiger charge is -2.09. The number of hydrogen-bond donors (Lipinski definition) is 2. The minimum absolute atomic E-state index is 0.0577. The molecule has 0 unspecified atom stereocenters. The largest absolute Gasteiger partial charge is 0.477 e. The monoisotopic (exact) mass is 289 g/mol. The molecule has 1 heterocycles. The molecule has 5 nitrogen and oxygen atoms in total. The lowest BCUT2D eigenvalue weighted by Crippen LogP contribution is -2.06. The van der Waals surface area contributed by atoms with Gasteiger partial charge in [-0.2, -0.15) is 0 Å². The Hall–Kier alpha value is -2.08. The molecule has 0 amide bonds. The first-order chi connectivity index (χ1) is 9.63. The SMILES string of the molecule is CCc1ccc(Nc2nc(SC)ncc2C(=O)O)cc1. The Labute approximate surface area is 121 Å². The highest BCUT2D eigenvalue weighted by molar-refractivity contribution is 7.98. The van der Waals surface area contributed by atoms with Gasteiger partial charge in [-0.05, 0) is 30.4 Å². The number of hydrogen-bond acceptors (Lipinski definition) is 5. The number of thioether (sulfide) groups is 1. The van der Waals surface area contributed by atoms with E-state index >= 15 is 0 Å². The summed E-state index contributed by atoms with van der Waals surface area (Å²) in [5.41, 5.74) is 2.08. The average Bonchev–Trinajstić information content (AvgIpc) is 2.47. The summed E-state index contributed by atoms with van der Waals surface area (Å²) in [6.07, 6.45) is 4.13. The Balaban J connectivity index is 2.32. The molecule has 0 spiro atoms. The highest BCUT2D eigenvalue weighted by atomic mass is 32.2. The molecule has 2 aromatic rings. The fraction of sp³-hybridized carbons (Fsp3) is 0.214. The van der Waals surface area contributed by atoms with Gasteiger partial charge in [0.2, 0.25) is 0 Å². The third-order valence-corrected chi connectivity index (χ3v) is 3.37. The fourth-order valence-electron chi connectivity index (χ4n) is 1.68. The van der Waals surface area contributed by atoms with Gasteiger partial charge < -0.3 is 10.4 Å². The topological polar surface area (TPSA) is 75.1 Å². The number of benzene rings is 1. The predicted molar refractivity (Wildman–Crippen MR) is 79.9 cm³/mol. The highest BCUT2D eigenvalue weighted by Crippen LogP contribution is 2.21. The zero-order chi connectivity index (χ0) is 14.5. The van der Waals surface area contributed by atoms with E-state index in [0.29, 0.717) is 11.0 Å². The Morgan fingerprint density at radius 1 is 1.35 bits per heavy atom. The Kier molecular flexibility index (Phi) is 4.57. The summed E-state index contributed by atoms with van der Waals surface area (Å²) in [6.45, 7) is 2.08. The number of aryl methyl sites for hydroxylation is 1. The lowest BCUT2D eigenvalue weighted by atomic mass is 10.1. The second-order valence-electron chi connectivity index (χ2n) is 4.10. The van der Waals surface area contributed by atoms with Gasteiger partial charge in [-0.3, -0.25) is 0 Å². The second kappa shape index (κ2) is 6.38. The quantitative estimate of drug-likeness (QED) is 0.650. The Morgan fingerprint density at radius 3 is 2.60 bits per heavy atom. The standard InChI is InChI=1S/C14H15N3O2S/c1-3-9-4-6-10(7-5-9)16-12-11(13(18)19)8-15-14(17-12)20-2/h4-8H,3H2,1-2H3,(H,18,19)(H,15,16,17). The number of carboxylic acid groups (broad SMARTS) is 1. The van der Waals surface area contributed by atoms with Crippen molar-refractivity contribution in [1.29, 1.82) is 0 Å². The maximum absolute atomic E-state index is 11.2. The van der Waals surface area contributed by atoms with Gasteiger partial charge in [0, 0.05) is 11.9 Å². The van der Waals surface area contributed by atoms with Gasteiger partial charge in [0.1, 0.15) is 11.4 Å². The molecule has 0 saturated carbocycles. The van der Waals surface area contributed by atoms with Crippen molar-refractivity contribution in [2.75, 3.05) is 11.6 Å². The van der Waals surface area contributed by atoms with Gasteiger partial charge in [-0.25, -0.2) is 14.8 Å². The van der Waals surface area contributed by atoms with E-state index in [9.17, 15) is 4.79 Å². The molecule has 0 bridgehead atoms. The molecule has 104 valence electrons. The van der Waals surface area contributed by atoms with Crippen LogP contribution in [0, 0.1) is 0 Å². The van der Waals surface area contributed by atoms with E-state index < -0.39 is 5.97 Å². The number of carbonyl (C=O) groups is 1. The molecular weight excluding hydrogens is 274 g/mol. The van der Waals surface area contributed by atoms with Crippen LogP contribution in [0.3, 0.4) is 0 Å². The first-order valence-corrected chi connectivity index (χ1v) is 7.36. The van der Waals surface area contributed by atoms with Crippen LogP contribution in [0.25, 0.3) is 0 Å². The first kappa shape index (κ1) is 14.3. The van der Waals surface area contributed by atoms with Gasteiger partial charge in [-0.15, -0.1) is 0 Å². The van der Waals surface area contributed by atoms with E-state index in [1.165, 1.54) is 23.5 Å². The molecule has 2 N–H and O–H groups in total.